The molecule has 0 saturated carbocycles. The Balaban J connectivity index is 1.87. The molecular formula is C13H22N4O2S2. The smallest absolute Gasteiger partial charge is 0.182 e. The lowest BCUT2D eigenvalue weighted by molar-refractivity contribution is 0.102. The lowest BCUT2D eigenvalue weighted by Gasteiger charge is -2.46. The van der Waals surface area contributed by atoms with E-state index in [1.54, 1.807) is 0 Å². The molecule has 3 heterocycles. The topological polar surface area (TPSA) is 79.5 Å². The van der Waals surface area contributed by atoms with E-state index in [4.69, 9.17) is 5.73 Å². The van der Waals surface area contributed by atoms with Gasteiger partial charge in [-0.2, -0.15) is 4.37 Å². The molecule has 0 bridgehead atoms. The Labute approximate surface area is 130 Å². The lowest BCUT2D eigenvalue weighted by Crippen LogP contribution is -2.52. The molecular weight excluding hydrogens is 308 g/mol. The summed E-state index contributed by atoms with van der Waals surface area (Å²) in [6, 6.07) is 0.627. The normalized spacial score (nSPS) is 27.6. The highest BCUT2D eigenvalue weighted by Gasteiger charge is 2.36. The fourth-order valence-corrected chi connectivity index (χ4v) is 5.91. The zero-order valence-electron chi connectivity index (χ0n) is 12.4. The van der Waals surface area contributed by atoms with Crippen molar-refractivity contribution in [3.05, 3.63) is 0 Å². The molecule has 0 radical (unpaired) electrons. The van der Waals surface area contributed by atoms with Gasteiger partial charge in [0.2, 0.25) is 0 Å². The molecule has 21 heavy (non-hydrogen) atoms. The van der Waals surface area contributed by atoms with E-state index in [1.165, 1.54) is 37.2 Å². The lowest BCUT2D eigenvalue weighted by atomic mass is 9.84. The first-order chi connectivity index (χ1) is 9.88. The van der Waals surface area contributed by atoms with Crippen molar-refractivity contribution in [3.8, 4) is 0 Å². The number of nitrogens with two attached hydrogens (primary N) is 1. The molecule has 2 aliphatic heterocycles. The van der Waals surface area contributed by atoms with Crippen LogP contribution >= 0.6 is 11.5 Å². The molecule has 2 unspecified atom stereocenters. The van der Waals surface area contributed by atoms with E-state index in [2.05, 4.69) is 21.2 Å². The molecule has 2 atom stereocenters. The number of aromatic nitrogens is 1. The fourth-order valence-electron chi connectivity index (χ4n) is 3.67. The largest absolute Gasteiger partial charge is 0.382 e. The Hall–Kier alpha value is -0.860. The molecule has 2 aliphatic rings. The van der Waals surface area contributed by atoms with Crippen LogP contribution in [-0.4, -0.2) is 56.7 Å². The van der Waals surface area contributed by atoms with Gasteiger partial charge in [-0.1, -0.05) is 0 Å². The molecule has 1 aromatic rings. The van der Waals surface area contributed by atoms with Crippen molar-refractivity contribution in [2.75, 3.05) is 43.6 Å². The minimum Gasteiger partial charge on any atom is -0.382 e. The minimum atomic E-state index is -3.34. The molecule has 2 N–H and O–H groups in total. The van der Waals surface area contributed by atoms with Crippen molar-refractivity contribution >= 4 is 32.2 Å². The summed E-state index contributed by atoms with van der Waals surface area (Å²) in [6.45, 7) is 2.94. The predicted molar refractivity (Wildman–Crippen MR) is 85.6 cm³/mol. The summed E-state index contributed by atoms with van der Waals surface area (Å²) in [5.74, 6) is 0.744. The van der Waals surface area contributed by atoms with Crippen molar-refractivity contribution in [3.63, 3.8) is 0 Å². The van der Waals surface area contributed by atoms with Crippen molar-refractivity contribution in [1.29, 1.82) is 0 Å². The van der Waals surface area contributed by atoms with Crippen molar-refractivity contribution in [2.24, 2.45) is 5.92 Å². The zero-order chi connectivity index (χ0) is 15.2. The van der Waals surface area contributed by atoms with Crippen molar-refractivity contribution < 1.29 is 8.42 Å². The highest BCUT2D eigenvalue weighted by Crippen LogP contribution is 2.38. The molecule has 118 valence electrons. The summed E-state index contributed by atoms with van der Waals surface area (Å²) < 4.78 is 28.0. The molecule has 0 amide bonds. The summed E-state index contributed by atoms with van der Waals surface area (Å²) >= 11 is 1.21. The SMILES string of the molecule is CN1CCCC2CN(c3snc(N)c3S(C)(=O)=O)CCC21. The quantitative estimate of drug-likeness (QED) is 0.873. The van der Waals surface area contributed by atoms with E-state index in [0.717, 1.165) is 24.5 Å². The van der Waals surface area contributed by atoms with Crippen LogP contribution in [0.1, 0.15) is 19.3 Å². The van der Waals surface area contributed by atoms with E-state index >= 15 is 0 Å². The number of piperidine rings is 2. The van der Waals surface area contributed by atoms with E-state index in [-0.39, 0.29) is 10.7 Å². The van der Waals surface area contributed by atoms with Crippen LogP contribution in [0.25, 0.3) is 0 Å². The van der Waals surface area contributed by atoms with Crippen LogP contribution in [0.3, 0.4) is 0 Å². The predicted octanol–water partition coefficient (Wildman–Crippen LogP) is 1.05. The Kier molecular flexibility index (Phi) is 3.87. The zero-order valence-corrected chi connectivity index (χ0v) is 14.1. The van der Waals surface area contributed by atoms with Crippen LogP contribution < -0.4 is 10.6 Å². The van der Waals surface area contributed by atoms with Crippen LogP contribution in [0, 0.1) is 5.92 Å². The first-order valence-electron chi connectivity index (χ1n) is 7.28. The third-order valence-electron chi connectivity index (χ3n) is 4.66. The second-order valence-corrected chi connectivity index (χ2v) is 8.86. The van der Waals surface area contributed by atoms with Crippen LogP contribution in [0.5, 0.6) is 0 Å². The summed E-state index contributed by atoms with van der Waals surface area (Å²) in [6.07, 6.45) is 4.71. The number of hydrogen-bond donors (Lipinski definition) is 1. The fraction of sp³-hybridized carbons (Fsp3) is 0.769. The molecule has 1 aromatic heterocycles. The van der Waals surface area contributed by atoms with E-state index in [9.17, 15) is 8.42 Å². The Morgan fingerprint density at radius 1 is 1.33 bits per heavy atom. The van der Waals surface area contributed by atoms with Gasteiger partial charge < -0.3 is 15.5 Å². The van der Waals surface area contributed by atoms with Gasteiger partial charge in [0.05, 0.1) is 0 Å². The van der Waals surface area contributed by atoms with Crippen LogP contribution in [-0.2, 0) is 9.84 Å². The molecule has 2 fully saturated rings. The third-order valence-corrected chi connectivity index (χ3v) is 6.86. The number of nitrogens with zero attached hydrogens (tertiary/aromatic N) is 3. The van der Waals surface area contributed by atoms with Gasteiger partial charge in [0, 0.05) is 25.4 Å². The van der Waals surface area contributed by atoms with Gasteiger partial charge in [-0.3, -0.25) is 0 Å². The number of rotatable bonds is 2. The van der Waals surface area contributed by atoms with Crippen LogP contribution in [0.4, 0.5) is 10.8 Å². The van der Waals surface area contributed by atoms with Gasteiger partial charge in [0.1, 0.15) is 9.90 Å². The average molecular weight is 330 g/mol. The number of nitrogen functional groups attached to an aromatic ring is 1. The number of likely N-dealkylation sites (tertiary alicyclic amines) is 1. The average Bonchev–Trinajstić information content (AvgIpc) is 2.80. The second kappa shape index (κ2) is 5.40. The number of fused-ring (bicyclic) bond motifs is 1. The van der Waals surface area contributed by atoms with E-state index in [0.29, 0.717) is 12.0 Å². The molecule has 8 heteroatoms. The van der Waals surface area contributed by atoms with E-state index in [1.807, 2.05) is 0 Å². The summed E-state index contributed by atoms with van der Waals surface area (Å²) in [5, 5.41) is 0.724. The Morgan fingerprint density at radius 2 is 2.10 bits per heavy atom. The molecule has 0 aliphatic carbocycles. The first-order valence-corrected chi connectivity index (χ1v) is 9.95. The first kappa shape index (κ1) is 15.1. The Bertz CT molecular complexity index is 628. The second-order valence-electron chi connectivity index (χ2n) is 6.16. The molecule has 3 rings (SSSR count). The maximum atomic E-state index is 12.0. The summed E-state index contributed by atoms with van der Waals surface area (Å²) in [5.41, 5.74) is 5.77. The van der Waals surface area contributed by atoms with Gasteiger partial charge in [0.25, 0.3) is 0 Å². The maximum absolute atomic E-state index is 12.0. The van der Waals surface area contributed by atoms with Gasteiger partial charge in [-0.15, -0.1) is 0 Å². The number of anilines is 2. The molecule has 0 aromatic carbocycles. The van der Waals surface area contributed by atoms with Gasteiger partial charge in [-0.25, -0.2) is 8.42 Å². The standard InChI is InChI=1S/C13H22N4O2S2/c1-16-6-3-4-9-8-17(7-5-10(9)16)13-11(21(2,18)19)12(14)15-20-13/h9-10H,3-8H2,1-2H3,(H2,14,15). The molecule has 6 nitrogen and oxygen atoms in total. The molecule has 2 saturated heterocycles. The monoisotopic (exact) mass is 330 g/mol. The number of sulfone groups is 1. The third kappa shape index (κ3) is 2.76. The van der Waals surface area contributed by atoms with Crippen LogP contribution in [0.2, 0.25) is 0 Å². The van der Waals surface area contributed by atoms with Gasteiger partial charge in [-0.05, 0) is 50.3 Å². The summed E-state index contributed by atoms with van der Waals surface area (Å²) in [4.78, 5) is 4.84. The molecule has 0 spiro atoms. The van der Waals surface area contributed by atoms with Crippen molar-refractivity contribution in [2.45, 2.75) is 30.2 Å². The van der Waals surface area contributed by atoms with Gasteiger partial charge in [0.15, 0.2) is 15.7 Å². The van der Waals surface area contributed by atoms with Gasteiger partial charge >= 0.3 is 0 Å². The van der Waals surface area contributed by atoms with Crippen molar-refractivity contribution in [1.82, 2.24) is 9.27 Å². The number of hydrogen-bond acceptors (Lipinski definition) is 7. The summed E-state index contributed by atoms with van der Waals surface area (Å²) in [7, 11) is -1.15. The maximum Gasteiger partial charge on any atom is 0.182 e. The van der Waals surface area contributed by atoms with E-state index < -0.39 is 9.84 Å². The highest BCUT2D eigenvalue weighted by atomic mass is 32.2. The highest BCUT2D eigenvalue weighted by molar-refractivity contribution is 7.91. The van der Waals surface area contributed by atoms with Crippen LogP contribution in [0.15, 0.2) is 4.90 Å². The minimum absolute atomic E-state index is 0.139. The Morgan fingerprint density at radius 3 is 2.81 bits per heavy atom.